The van der Waals surface area contributed by atoms with Crippen LogP contribution in [0.5, 0.6) is 0 Å². The lowest BCUT2D eigenvalue weighted by atomic mass is 10.0. The first-order valence-corrected chi connectivity index (χ1v) is 7.09. The van der Waals surface area contributed by atoms with Crippen LogP contribution in [0.15, 0.2) is 16.4 Å². The Labute approximate surface area is 125 Å². The molecule has 0 saturated carbocycles. The third kappa shape index (κ3) is 5.21. The van der Waals surface area contributed by atoms with Gasteiger partial charge < -0.3 is 9.84 Å². The lowest BCUT2D eigenvalue weighted by Crippen LogP contribution is -2.32. The number of aliphatic hydroxyl groups is 1. The molecule has 1 aliphatic carbocycles. The van der Waals surface area contributed by atoms with Crippen molar-refractivity contribution in [2.75, 3.05) is 7.05 Å². The van der Waals surface area contributed by atoms with E-state index in [4.69, 9.17) is 4.74 Å². The zero-order valence-electron chi connectivity index (χ0n) is 13.4. The molecule has 6 nitrogen and oxygen atoms in total. The quantitative estimate of drug-likeness (QED) is 0.794. The highest BCUT2D eigenvalue weighted by molar-refractivity contribution is 6.22. The van der Waals surface area contributed by atoms with E-state index in [1.165, 1.54) is 14.0 Å². The molecule has 1 amide bonds. The van der Waals surface area contributed by atoms with Crippen molar-refractivity contribution in [3.8, 4) is 0 Å². The third-order valence-electron chi connectivity index (χ3n) is 2.93. The number of ether oxygens (including phenoxy) is 1. The van der Waals surface area contributed by atoms with Crippen LogP contribution in [0.1, 0.15) is 53.4 Å². The standard InChI is InChI=1S/C15H24N2O4/c1-10(18)13-11(8-6-7-9-12(13)19)16-17(5)14(20)21-15(2,3)4/h19H,6-9H2,1-5H3. The number of ketones is 1. The lowest BCUT2D eigenvalue weighted by molar-refractivity contribution is -0.113. The maximum atomic E-state index is 11.9. The minimum atomic E-state index is -0.615. The first kappa shape index (κ1) is 17.2. The number of Topliss-reactive ketones (excluding diaryl/α,β-unsaturated/α-hetero) is 1. The van der Waals surface area contributed by atoms with Crippen LogP contribution in [0.4, 0.5) is 4.79 Å². The largest absolute Gasteiger partial charge is 0.511 e. The van der Waals surface area contributed by atoms with Crippen LogP contribution in [0, 0.1) is 0 Å². The van der Waals surface area contributed by atoms with Crippen molar-refractivity contribution in [1.29, 1.82) is 0 Å². The van der Waals surface area contributed by atoms with E-state index in [1.54, 1.807) is 20.8 Å². The van der Waals surface area contributed by atoms with Gasteiger partial charge in [-0.2, -0.15) is 5.10 Å². The summed E-state index contributed by atoms with van der Waals surface area (Å²) in [5.41, 5.74) is 0.0462. The van der Waals surface area contributed by atoms with Crippen molar-refractivity contribution >= 4 is 17.6 Å². The van der Waals surface area contributed by atoms with Gasteiger partial charge in [-0.3, -0.25) is 4.79 Å². The average Bonchev–Trinajstić information content (AvgIpc) is 2.48. The molecule has 0 spiro atoms. The van der Waals surface area contributed by atoms with Crippen molar-refractivity contribution in [2.45, 2.75) is 59.0 Å². The minimum Gasteiger partial charge on any atom is -0.511 e. The second-order valence-corrected chi connectivity index (χ2v) is 6.14. The topological polar surface area (TPSA) is 79.2 Å². The molecule has 0 fully saturated rings. The summed E-state index contributed by atoms with van der Waals surface area (Å²) in [6.07, 6.45) is 2.01. The molecular weight excluding hydrogens is 272 g/mol. The summed E-state index contributed by atoms with van der Waals surface area (Å²) < 4.78 is 5.21. The molecule has 0 aromatic carbocycles. The van der Waals surface area contributed by atoms with Crippen LogP contribution in [0.2, 0.25) is 0 Å². The van der Waals surface area contributed by atoms with Gasteiger partial charge in [-0.15, -0.1) is 0 Å². The van der Waals surface area contributed by atoms with Gasteiger partial charge in [-0.1, -0.05) is 0 Å². The van der Waals surface area contributed by atoms with Gasteiger partial charge in [0.1, 0.15) is 11.4 Å². The van der Waals surface area contributed by atoms with Crippen molar-refractivity contribution in [2.24, 2.45) is 5.10 Å². The molecule has 0 heterocycles. The minimum absolute atomic E-state index is 0.0522. The van der Waals surface area contributed by atoms with E-state index in [2.05, 4.69) is 5.10 Å². The fourth-order valence-electron chi connectivity index (χ4n) is 2.06. The Kier molecular flexibility index (Phi) is 5.52. The number of hydrogen-bond donors (Lipinski definition) is 1. The van der Waals surface area contributed by atoms with Crippen molar-refractivity contribution < 1.29 is 19.4 Å². The highest BCUT2D eigenvalue weighted by atomic mass is 16.6. The average molecular weight is 296 g/mol. The number of amides is 1. The van der Waals surface area contributed by atoms with Crippen LogP contribution < -0.4 is 0 Å². The Bertz CT molecular complexity index is 486. The van der Waals surface area contributed by atoms with Gasteiger partial charge in [-0.05, 0) is 47.0 Å². The summed E-state index contributed by atoms with van der Waals surface area (Å²) in [7, 11) is 1.47. The number of allylic oxidation sites excluding steroid dienone is 2. The lowest BCUT2D eigenvalue weighted by Gasteiger charge is -2.22. The molecule has 0 radical (unpaired) electrons. The smallest absolute Gasteiger partial charge is 0.430 e. The van der Waals surface area contributed by atoms with Gasteiger partial charge in [-0.25, -0.2) is 9.80 Å². The predicted molar refractivity (Wildman–Crippen MR) is 80.2 cm³/mol. The number of hydrazone groups is 1. The molecule has 21 heavy (non-hydrogen) atoms. The summed E-state index contributed by atoms with van der Waals surface area (Å²) >= 11 is 0. The van der Waals surface area contributed by atoms with E-state index in [0.29, 0.717) is 18.6 Å². The van der Waals surface area contributed by atoms with E-state index in [0.717, 1.165) is 17.9 Å². The Morgan fingerprint density at radius 1 is 1.24 bits per heavy atom. The highest BCUT2D eigenvalue weighted by Crippen LogP contribution is 2.22. The zero-order chi connectivity index (χ0) is 16.2. The third-order valence-corrected chi connectivity index (χ3v) is 2.93. The van der Waals surface area contributed by atoms with Gasteiger partial charge >= 0.3 is 6.09 Å². The number of carbonyl (C=O) groups is 2. The van der Waals surface area contributed by atoms with Crippen molar-refractivity contribution in [3.05, 3.63) is 11.3 Å². The molecule has 118 valence electrons. The monoisotopic (exact) mass is 296 g/mol. The predicted octanol–water partition coefficient (Wildman–Crippen LogP) is 3.18. The number of hydrogen-bond acceptors (Lipinski definition) is 5. The second-order valence-electron chi connectivity index (χ2n) is 6.14. The fourth-order valence-corrected chi connectivity index (χ4v) is 2.06. The first-order chi connectivity index (χ1) is 9.61. The van der Waals surface area contributed by atoms with Gasteiger partial charge in [0, 0.05) is 13.5 Å². The molecular formula is C15H24N2O4. The first-order valence-electron chi connectivity index (χ1n) is 7.09. The molecule has 0 aliphatic heterocycles. The molecule has 0 atom stereocenters. The summed E-state index contributed by atoms with van der Waals surface area (Å²) in [5, 5.41) is 15.2. The molecule has 0 aromatic heterocycles. The summed E-state index contributed by atoms with van der Waals surface area (Å²) in [6, 6.07) is 0. The van der Waals surface area contributed by atoms with Gasteiger partial charge in [0.25, 0.3) is 0 Å². The zero-order valence-corrected chi connectivity index (χ0v) is 13.4. The molecule has 1 aliphatic rings. The molecule has 0 aromatic rings. The van der Waals surface area contributed by atoms with Crippen LogP contribution in [0.25, 0.3) is 0 Å². The highest BCUT2D eigenvalue weighted by Gasteiger charge is 2.24. The molecule has 1 rings (SSSR count). The summed E-state index contributed by atoms with van der Waals surface area (Å²) in [5.74, 6) is -0.193. The van der Waals surface area contributed by atoms with Gasteiger partial charge in [0.2, 0.25) is 0 Å². The van der Waals surface area contributed by atoms with Crippen molar-refractivity contribution in [1.82, 2.24) is 5.01 Å². The van der Waals surface area contributed by atoms with Gasteiger partial charge in [0.05, 0.1) is 11.3 Å². The Balaban J connectivity index is 3.01. The number of aliphatic hydroxyl groups excluding tert-OH is 1. The number of carbonyl (C=O) groups excluding carboxylic acids is 2. The van der Waals surface area contributed by atoms with E-state index in [1.807, 2.05) is 0 Å². The maximum Gasteiger partial charge on any atom is 0.430 e. The van der Waals surface area contributed by atoms with Crippen LogP contribution >= 0.6 is 0 Å². The molecule has 0 saturated heterocycles. The van der Waals surface area contributed by atoms with E-state index < -0.39 is 11.7 Å². The maximum absolute atomic E-state index is 11.9. The van der Waals surface area contributed by atoms with E-state index in [-0.39, 0.29) is 17.1 Å². The fraction of sp³-hybridized carbons (Fsp3) is 0.667. The number of nitrogens with zero attached hydrogens (tertiary/aromatic N) is 2. The Morgan fingerprint density at radius 3 is 2.33 bits per heavy atom. The van der Waals surface area contributed by atoms with Crippen molar-refractivity contribution in [3.63, 3.8) is 0 Å². The Morgan fingerprint density at radius 2 is 1.81 bits per heavy atom. The Hall–Kier alpha value is -1.85. The second kappa shape index (κ2) is 6.74. The normalized spacial score (nSPS) is 18.4. The summed E-state index contributed by atoms with van der Waals surface area (Å²) in [4.78, 5) is 23.6. The molecule has 6 heteroatoms. The number of rotatable bonds is 2. The molecule has 1 N–H and O–H groups in total. The van der Waals surface area contributed by atoms with Crippen LogP contribution in [-0.2, 0) is 9.53 Å². The molecule has 0 unspecified atom stereocenters. The SMILES string of the molecule is CC(=O)C1=C(O)CCCCC1=NN(C)C(=O)OC(C)(C)C. The van der Waals surface area contributed by atoms with Gasteiger partial charge in [0.15, 0.2) is 5.78 Å². The molecule has 0 bridgehead atoms. The van der Waals surface area contributed by atoms with Crippen LogP contribution in [-0.4, -0.2) is 40.4 Å². The summed E-state index contributed by atoms with van der Waals surface area (Å²) in [6.45, 7) is 6.69. The van der Waals surface area contributed by atoms with E-state index in [9.17, 15) is 14.7 Å². The van der Waals surface area contributed by atoms with Crippen LogP contribution in [0.3, 0.4) is 0 Å². The van der Waals surface area contributed by atoms with E-state index >= 15 is 0 Å².